The van der Waals surface area contributed by atoms with E-state index in [-0.39, 0.29) is 5.91 Å². The predicted octanol–water partition coefficient (Wildman–Crippen LogP) is 3.16. The van der Waals surface area contributed by atoms with Gasteiger partial charge in [0.05, 0.1) is 5.75 Å². The van der Waals surface area contributed by atoms with Crippen molar-refractivity contribution in [3.8, 4) is 0 Å². The van der Waals surface area contributed by atoms with Crippen molar-refractivity contribution in [3.63, 3.8) is 0 Å². The van der Waals surface area contributed by atoms with E-state index in [0.29, 0.717) is 18.3 Å². The van der Waals surface area contributed by atoms with Crippen LogP contribution in [0.1, 0.15) is 25.3 Å². The fraction of sp³-hybridized carbons (Fsp3) is 0.500. The summed E-state index contributed by atoms with van der Waals surface area (Å²) in [5.74, 6) is 0.399. The van der Waals surface area contributed by atoms with Gasteiger partial charge in [0.15, 0.2) is 4.34 Å². The summed E-state index contributed by atoms with van der Waals surface area (Å²) in [6.07, 6.45) is 2.42. The quantitative estimate of drug-likeness (QED) is 0.606. The van der Waals surface area contributed by atoms with Gasteiger partial charge in [-0.15, -0.1) is 10.2 Å². The lowest BCUT2D eigenvalue weighted by Gasteiger charge is -2.23. The zero-order valence-electron chi connectivity index (χ0n) is 15.2. The molecular weight excluding hydrogens is 366 g/mol. The number of aromatic nitrogens is 2. The fourth-order valence-electron chi connectivity index (χ4n) is 2.53. The Labute approximate surface area is 162 Å². The Balaban J connectivity index is 1.37. The van der Waals surface area contributed by atoms with Crippen molar-refractivity contribution in [1.29, 1.82) is 0 Å². The number of likely N-dealkylation sites (N-methyl/N-ethyl adjacent to an activating group) is 1. The van der Waals surface area contributed by atoms with Crippen LogP contribution in [-0.4, -0.2) is 47.5 Å². The van der Waals surface area contributed by atoms with E-state index in [9.17, 15) is 4.79 Å². The third-order valence-corrected chi connectivity index (χ3v) is 6.08. The van der Waals surface area contributed by atoms with Gasteiger partial charge in [-0.1, -0.05) is 35.2 Å². The minimum Gasteiger partial charge on any atom is -0.370 e. The first-order valence-corrected chi connectivity index (χ1v) is 10.8. The van der Waals surface area contributed by atoms with E-state index in [2.05, 4.69) is 63.8 Å². The van der Waals surface area contributed by atoms with Crippen LogP contribution in [0.5, 0.6) is 0 Å². The van der Waals surface area contributed by atoms with E-state index in [4.69, 9.17) is 0 Å². The van der Waals surface area contributed by atoms with Crippen LogP contribution in [0.15, 0.2) is 28.6 Å². The normalized spacial score (nSPS) is 13.5. The summed E-state index contributed by atoms with van der Waals surface area (Å²) in [5, 5.41) is 15.4. The lowest BCUT2D eigenvalue weighted by molar-refractivity contribution is -0.118. The Kier molecular flexibility index (Phi) is 6.73. The second-order valence-electron chi connectivity index (χ2n) is 6.35. The molecule has 2 aromatic rings. The molecule has 0 spiro atoms. The largest absolute Gasteiger partial charge is 0.370 e. The molecule has 8 heteroatoms. The average Bonchev–Trinajstić information content (AvgIpc) is 3.33. The molecule has 1 aliphatic carbocycles. The third-order valence-electron chi connectivity index (χ3n) is 4.09. The Bertz CT molecular complexity index is 732. The number of hydrogen-bond acceptors (Lipinski definition) is 7. The summed E-state index contributed by atoms with van der Waals surface area (Å²) in [5.41, 5.74) is 2.44. The highest BCUT2D eigenvalue weighted by molar-refractivity contribution is 8.01. The molecule has 1 aromatic heterocycles. The number of anilines is 2. The summed E-state index contributed by atoms with van der Waals surface area (Å²) in [7, 11) is 0. The number of nitrogens with zero attached hydrogens (tertiary/aromatic N) is 3. The number of rotatable bonds is 10. The SMILES string of the molecule is CCN(CCNC(=O)CSc1nnc(NC2CC2)s1)c1cccc(C)c1. The molecule has 26 heavy (non-hydrogen) atoms. The molecule has 0 saturated heterocycles. The number of carbonyl (C=O) groups excluding carboxylic acids is 1. The van der Waals surface area contributed by atoms with Crippen LogP contribution in [0, 0.1) is 6.92 Å². The topological polar surface area (TPSA) is 70.2 Å². The molecule has 0 atom stereocenters. The second kappa shape index (κ2) is 9.23. The van der Waals surface area contributed by atoms with E-state index < -0.39 is 0 Å². The van der Waals surface area contributed by atoms with Crippen molar-refractivity contribution in [2.45, 2.75) is 37.1 Å². The van der Waals surface area contributed by atoms with Crippen molar-refractivity contribution < 1.29 is 4.79 Å². The van der Waals surface area contributed by atoms with Gasteiger partial charge in [-0.25, -0.2) is 0 Å². The molecule has 1 amide bonds. The van der Waals surface area contributed by atoms with Crippen LogP contribution in [-0.2, 0) is 4.79 Å². The average molecular weight is 392 g/mol. The number of benzene rings is 1. The number of hydrogen-bond donors (Lipinski definition) is 2. The van der Waals surface area contributed by atoms with E-state index in [0.717, 1.165) is 22.6 Å². The number of thioether (sulfide) groups is 1. The number of carbonyl (C=O) groups is 1. The van der Waals surface area contributed by atoms with Crippen LogP contribution in [0.4, 0.5) is 10.8 Å². The Morgan fingerprint density at radius 3 is 2.96 bits per heavy atom. The van der Waals surface area contributed by atoms with Gasteiger partial charge in [-0.3, -0.25) is 4.79 Å². The molecular formula is C18H25N5OS2. The highest BCUT2D eigenvalue weighted by Crippen LogP contribution is 2.30. The highest BCUT2D eigenvalue weighted by atomic mass is 32.2. The fourth-order valence-corrected chi connectivity index (χ4v) is 4.19. The van der Waals surface area contributed by atoms with E-state index in [1.54, 1.807) is 0 Å². The van der Waals surface area contributed by atoms with Gasteiger partial charge in [-0.05, 0) is 44.4 Å². The summed E-state index contributed by atoms with van der Waals surface area (Å²) in [6, 6.07) is 9.01. The summed E-state index contributed by atoms with van der Waals surface area (Å²) in [4.78, 5) is 14.3. The van der Waals surface area contributed by atoms with Crippen LogP contribution in [0.2, 0.25) is 0 Å². The number of nitrogens with one attached hydrogen (secondary N) is 2. The lowest BCUT2D eigenvalue weighted by atomic mass is 10.2. The van der Waals surface area contributed by atoms with Crippen molar-refractivity contribution in [2.24, 2.45) is 0 Å². The lowest BCUT2D eigenvalue weighted by Crippen LogP contribution is -2.35. The Hall–Kier alpha value is -1.80. The first-order valence-electron chi connectivity index (χ1n) is 8.95. The van der Waals surface area contributed by atoms with Crippen LogP contribution in [0.25, 0.3) is 0 Å². The molecule has 1 aliphatic rings. The smallest absolute Gasteiger partial charge is 0.230 e. The second-order valence-corrected chi connectivity index (χ2v) is 8.55. The minimum atomic E-state index is 0.0298. The van der Waals surface area contributed by atoms with Crippen molar-refractivity contribution in [1.82, 2.24) is 15.5 Å². The monoisotopic (exact) mass is 391 g/mol. The van der Waals surface area contributed by atoms with Gasteiger partial charge in [0, 0.05) is 31.4 Å². The van der Waals surface area contributed by atoms with Gasteiger partial charge in [0.2, 0.25) is 11.0 Å². The van der Waals surface area contributed by atoms with Gasteiger partial charge >= 0.3 is 0 Å². The van der Waals surface area contributed by atoms with Crippen molar-refractivity contribution >= 4 is 39.8 Å². The molecule has 0 unspecified atom stereocenters. The van der Waals surface area contributed by atoms with Crippen LogP contribution < -0.4 is 15.5 Å². The standard InChI is InChI=1S/C18H25N5OS2/c1-3-23(15-6-4-5-13(2)11-15)10-9-19-16(24)12-25-18-22-21-17(26-18)20-14-7-8-14/h4-6,11,14H,3,7-10,12H2,1-2H3,(H,19,24)(H,20,21). The molecule has 0 aliphatic heterocycles. The molecule has 6 nitrogen and oxygen atoms in total. The highest BCUT2D eigenvalue weighted by Gasteiger charge is 2.22. The molecule has 140 valence electrons. The van der Waals surface area contributed by atoms with E-state index in [1.807, 2.05) is 0 Å². The molecule has 3 rings (SSSR count). The predicted molar refractivity (Wildman–Crippen MR) is 109 cm³/mol. The van der Waals surface area contributed by atoms with Crippen molar-refractivity contribution in [2.75, 3.05) is 35.6 Å². The van der Waals surface area contributed by atoms with E-state index in [1.165, 1.54) is 47.2 Å². The van der Waals surface area contributed by atoms with Crippen LogP contribution in [0.3, 0.4) is 0 Å². The van der Waals surface area contributed by atoms with E-state index >= 15 is 0 Å². The summed E-state index contributed by atoms with van der Waals surface area (Å²) < 4.78 is 0.832. The molecule has 1 fully saturated rings. The third kappa shape index (κ3) is 5.88. The maximum atomic E-state index is 12.1. The van der Waals surface area contributed by atoms with Gasteiger partial charge < -0.3 is 15.5 Å². The molecule has 1 aromatic carbocycles. The summed E-state index contributed by atoms with van der Waals surface area (Å²) >= 11 is 2.95. The maximum absolute atomic E-state index is 12.1. The Morgan fingerprint density at radius 1 is 1.38 bits per heavy atom. The molecule has 0 bridgehead atoms. The van der Waals surface area contributed by atoms with Gasteiger partial charge in [0.25, 0.3) is 0 Å². The zero-order chi connectivity index (χ0) is 18.4. The number of amides is 1. The minimum absolute atomic E-state index is 0.0298. The molecule has 1 heterocycles. The van der Waals surface area contributed by atoms with Crippen LogP contribution >= 0.6 is 23.1 Å². The molecule has 0 radical (unpaired) electrons. The zero-order valence-corrected chi connectivity index (χ0v) is 16.8. The molecule has 1 saturated carbocycles. The first kappa shape index (κ1) is 19.0. The maximum Gasteiger partial charge on any atom is 0.230 e. The van der Waals surface area contributed by atoms with Gasteiger partial charge in [0.1, 0.15) is 0 Å². The Morgan fingerprint density at radius 2 is 2.23 bits per heavy atom. The number of aryl methyl sites for hydroxylation is 1. The van der Waals surface area contributed by atoms with Crippen molar-refractivity contribution in [3.05, 3.63) is 29.8 Å². The summed E-state index contributed by atoms with van der Waals surface area (Å²) in [6.45, 7) is 6.56. The molecule has 2 N–H and O–H groups in total. The van der Waals surface area contributed by atoms with Gasteiger partial charge in [-0.2, -0.15) is 0 Å². The first-order chi connectivity index (χ1) is 12.6.